The van der Waals surface area contributed by atoms with Crippen LogP contribution < -0.4 is 0 Å². The molecule has 2 aromatic heterocycles. The lowest BCUT2D eigenvalue weighted by Gasteiger charge is -2.15. The number of hydrogen-bond donors (Lipinski definition) is 2. The van der Waals surface area contributed by atoms with Gasteiger partial charge in [-0.05, 0) is 12.1 Å². The number of H-pyrrole nitrogens is 2. The van der Waals surface area contributed by atoms with Gasteiger partial charge in [-0.1, -0.05) is 23.7 Å². The summed E-state index contributed by atoms with van der Waals surface area (Å²) in [6, 6.07) is 0.713. The number of rotatable bonds is 0. The Balaban J connectivity index is 2.20. The van der Waals surface area contributed by atoms with Gasteiger partial charge < -0.3 is 0 Å². The topological polar surface area (TPSA) is 57.4 Å². The van der Waals surface area contributed by atoms with E-state index in [1.807, 2.05) is 0 Å². The fourth-order valence-corrected chi connectivity index (χ4v) is 2.19. The predicted octanol–water partition coefficient (Wildman–Crippen LogP) is 3.97. The minimum Gasteiger partial charge on any atom is -0.284 e. The van der Waals surface area contributed by atoms with E-state index in [9.17, 15) is 26.3 Å². The molecule has 4 nitrogen and oxygen atoms in total. The molecule has 0 aliphatic rings. The lowest BCUT2D eigenvalue weighted by atomic mass is 9.97. The number of benzene rings is 1. The molecule has 0 atom stereocenters. The van der Waals surface area contributed by atoms with Crippen molar-refractivity contribution in [2.24, 2.45) is 0 Å². The van der Waals surface area contributed by atoms with Crippen molar-refractivity contribution >= 4 is 0 Å². The van der Waals surface area contributed by atoms with E-state index in [1.54, 1.807) is 0 Å². The number of aromatic nitrogens is 4. The van der Waals surface area contributed by atoms with E-state index in [1.165, 1.54) is 24.8 Å². The Morgan fingerprint density at radius 1 is 0.643 bits per heavy atom. The standard InChI is InChI=1S/C18H8F6N4/c19-17(20,21)15-6-14(4-2-12-9-27-28-10-12)16(18(22,23)24)5-13(15)3-1-11-7-25-26-8-11/h5-10H,(H,25,26)(H,27,28). The van der Waals surface area contributed by atoms with Gasteiger partial charge in [0, 0.05) is 23.5 Å². The molecule has 10 heteroatoms. The Bertz CT molecular complexity index is 996. The van der Waals surface area contributed by atoms with Crippen molar-refractivity contribution in [2.45, 2.75) is 12.4 Å². The van der Waals surface area contributed by atoms with E-state index < -0.39 is 34.6 Å². The highest BCUT2D eigenvalue weighted by atomic mass is 19.4. The minimum absolute atomic E-state index is 0.227. The van der Waals surface area contributed by atoms with E-state index in [-0.39, 0.29) is 11.1 Å². The predicted molar refractivity (Wildman–Crippen MR) is 85.6 cm³/mol. The van der Waals surface area contributed by atoms with Crippen molar-refractivity contribution in [3.05, 3.63) is 70.3 Å². The van der Waals surface area contributed by atoms with Crippen LogP contribution >= 0.6 is 0 Å². The summed E-state index contributed by atoms with van der Waals surface area (Å²) in [5.74, 6) is 8.97. The van der Waals surface area contributed by atoms with Gasteiger partial charge in [-0.2, -0.15) is 36.5 Å². The second-order valence-corrected chi connectivity index (χ2v) is 5.41. The van der Waals surface area contributed by atoms with Gasteiger partial charge in [0.1, 0.15) is 0 Å². The Morgan fingerprint density at radius 3 is 1.32 bits per heavy atom. The van der Waals surface area contributed by atoms with E-state index in [4.69, 9.17) is 0 Å². The number of hydrogen-bond acceptors (Lipinski definition) is 2. The van der Waals surface area contributed by atoms with Gasteiger partial charge in [0.15, 0.2) is 0 Å². The summed E-state index contributed by atoms with van der Waals surface area (Å²) < 4.78 is 80.4. The van der Waals surface area contributed by atoms with Crippen LogP contribution in [0.2, 0.25) is 0 Å². The summed E-state index contributed by atoms with van der Waals surface area (Å²) in [4.78, 5) is 0. The van der Waals surface area contributed by atoms with Gasteiger partial charge in [-0.25, -0.2) is 0 Å². The summed E-state index contributed by atoms with van der Waals surface area (Å²) >= 11 is 0. The first-order valence-electron chi connectivity index (χ1n) is 7.48. The summed E-state index contributed by atoms with van der Waals surface area (Å²) in [6.07, 6.45) is -4.77. The maximum Gasteiger partial charge on any atom is 0.417 e. The van der Waals surface area contributed by atoms with Crippen LogP contribution in [0.1, 0.15) is 33.4 Å². The third-order valence-corrected chi connectivity index (χ3v) is 3.45. The molecule has 0 spiro atoms. The average Bonchev–Trinajstić information content (AvgIpc) is 3.30. The second kappa shape index (κ2) is 7.16. The second-order valence-electron chi connectivity index (χ2n) is 5.41. The Kier molecular flexibility index (Phi) is 4.89. The third kappa shape index (κ3) is 4.35. The molecule has 2 N–H and O–H groups in total. The van der Waals surface area contributed by atoms with Gasteiger partial charge in [0.2, 0.25) is 0 Å². The van der Waals surface area contributed by atoms with Gasteiger partial charge in [0.25, 0.3) is 0 Å². The summed E-state index contributed by atoms with van der Waals surface area (Å²) in [6.45, 7) is 0. The molecule has 0 unspecified atom stereocenters. The van der Waals surface area contributed by atoms with Gasteiger partial charge in [0.05, 0.1) is 34.6 Å². The molecular formula is C18H8F6N4. The van der Waals surface area contributed by atoms with Crippen LogP contribution in [0.3, 0.4) is 0 Å². The maximum atomic E-state index is 13.4. The lowest BCUT2D eigenvalue weighted by molar-refractivity contribution is -0.141. The van der Waals surface area contributed by atoms with Crippen molar-refractivity contribution < 1.29 is 26.3 Å². The Morgan fingerprint density at radius 2 is 1.04 bits per heavy atom. The molecule has 28 heavy (non-hydrogen) atoms. The zero-order valence-corrected chi connectivity index (χ0v) is 13.6. The summed E-state index contributed by atoms with van der Waals surface area (Å²) in [5.41, 5.74) is -3.79. The smallest absolute Gasteiger partial charge is 0.284 e. The van der Waals surface area contributed by atoms with Crippen LogP contribution in [0.15, 0.2) is 36.9 Å². The van der Waals surface area contributed by atoms with Gasteiger partial charge in [-0.15, -0.1) is 0 Å². The van der Waals surface area contributed by atoms with Crippen LogP contribution in [0.25, 0.3) is 0 Å². The number of nitrogens with one attached hydrogen (secondary N) is 2. The van der Waals surface area contributed by atoms with Crippen molar-refractivity contribution in [1.82, 2.24) is 20.4 Å². The number of halogens is 6. The first kappa shape index (κ1) is 19.1. The van der Waals surface area contributed by atoms with Crippen LogP contribution in [0.5, 0.6) is 0 Å². The maximum absolute atomic E-state index is 13.4. The van der Waals surface area contributed by atoms with Crippen LogP contribution in [-0.4, -0.2) is 20.4 Å². The highest BCUT2D eigenvalue weighted by Gasteiger charge is 2.39. The molecule has 2 heterocycles. The fraction of sp³-hybridized carbons (Fsp3) is 0.111. The number of aromatic amines is 2. The fourth-order valence-electron chi connectivity index (χ4n) is 2.19. The van der Waals surface area contributed by atoms with E-state index >= 15 is 0 Å². The van der Waals surface area contributed by atoms with Gasteiger partial charge in [-0.3, -0.25) is 10.2 Å². The molecule has 3 rings (SSSR count). The lowest BCUT2D eigenvalue weighted by Crippen LogP contribution is -2.14. The molecule has 0 fully saturated rings. The van der Waals surface area contributed by atoms with Crippen LogP contribution in [-0.2, 0) is 12.4 Å². The molecule has 0 aliphatic heterocycles. The normalized spacial score (nSPS) is 11.4. The van der Waals surface area contributed by atoms with Crippen molar-refractivity contribution in [1.29, 1.82) is 0 Å². The average molecular weight is 394 g/mol. The largest absolute Gasteiger partial charge is 0.417 e. The highest BCUT2D eigenvalue weighted by Crippen LogP contribution is 2.38. The van der Waals surface area contributed by atoms with Crippen molar-refractivity contribution in [3.63, 3.8) is 0 Å². The molecule has 0 bridgehead atoms. The van der Waals surface area contributed by atoms with Crippen LogP contribution in [0, 0.1) is 23.7 Å². The first-order chi connectivity index (χ1) is 13.1. The van der Waals surface area contributed by atoms with E-state index in [0.717, 1.165) is 0 Å². The number of nitrogens with zero attached hydrogens (tertiary/aromatic N) is 2. The van der Waals surface area contributed by atoms with E-state index in [2.05, 4.69) is 44.1 Å². The summed E-state index contributed by atoms with van der Waals surface area (Å²) in [5, 5.41) is 11.9. The Hall–Kier alpha value is -3.66. The molecule has 0 radical (unpaired) electrons. The molecular weight excluding hydrogens is 386 g/mol. The van der Waals surface area contributed by atoms with Crippen LogP contribution in [0.4, 0.5) is 26.3 Å². The van der Waals surface area contributed by atoms with Gasteiger partial charge >= 0.3 is 12.4 Å². The third-order valence-electron chi connectivity index (χ3n) is 3.45. The molecule has 142 valence electrons. The monoisotopic (exact) mass is 394 g/mol. The zero-order chi connectivity index (χ0) is 20.4. The first-order valence-corrected chi connectivity index (χ1v) is 7.48. The molecule has 0 saturated carbocycles. The molecule has 1 aromatic carbocycles. The molecule has 0 aliphatic carbocycles. The van der Waals surface area contributed by atoms with Crippen molar-refractivity contribution in [3.8, 4) is 23.7 Å². The van der Waals surface area contributed by atoms with E-state index in [0.29, 0.717) is 12.1 Å². The number of alkyl halides is 6. The molecule has 3 aromatic rings. The van der Waals surface area contributed by atoms with Crippen molar-refractivity contribution in [2.75, 3.05) is 0 Å². The SMILES string of the molecule is FC(F)(F)c1cc(C#Cc2cn[nH]c2)c(C(F)(F)F)cc1C#Cc1cn[nH]c1. The highest BCUT2D eigenvalue weighted by molar-refractivity contribution is 5.56. The minimum atomic E-state index is -4.92. The molecule has 0 amide bonds. The molecule has 0 saturated heterocycles. The quantitative estimate of drug-likeness (QED) is 0.448. The Labute approximate surface area is 154 Å². The zero-order valence-electron chi connectivity index (χ0n) is 13.6. The summed E-state index contributed by atoms with van der Waals surface area (Å²) in [7, 11) is 0.